The maximum absolute atomic E-state index is 12.9. The van der Waals surface area contributed by atoms with Gasteiger partial charge < -0.3 is 0 Å². The van der Waals surface area contributed by atoms with Gasteiger partial charge in [0.1, 0.15) is 5.82 Å². The van der Waals surface area contributed by atoms with E-state index in [0.717, 1.165) is 6.42 Å². The molecular formula is C17H17F. The van der Waals surface area contributed by atoms with E-state index in [1.165, 1.54) is 36.0 Å². The minimum absolute atomic E-state index is 0.159. The Kier molecular flexibility index (Phi) is 2.91. The first-order chi connectivity index (χ1) is 8.74. The number of halogens is 1. The predicted molar refractivity (Wildman–Crippen MR) is 72.4 cm³/mol. The molecule has 0 saturated carbocycles. The first kappa shape index (κ1) is 11.5. The van der Waals surface area contributed by atoms with Gasteiger partial charge in [0.2, 0.25) is 0 Å². The average Bonchev–Trinajstić information content (AvgIpc) is 2.86. The molecule has 0 atom stereocenters. The predicted octanol–water partition coefficient (Wildman–Crippen LogP) is 4.21. The first-order valence-corrected chi connectivity index (χ1v) is 6.59. The lowest BCUT2D eigenvalue weighted by molar-refractivity contribution is 0.627. The van der Waals surface area contributed by atoms with Gasteiger partial charge in [0.25, 0.3) is 0 Å². The van der Waals surface area contributed by atoms with Crippen molar-refractivity contribution in [1.29, 1.82) is 0 Å². The lowest BCUT2D eigenvalue weighted by Crippen LogP contribution is -1.97. The van der Waals surface area contributed by atoms with Crippen LogP contribution in [0.15, 0.2) is 36.4 Å². The van der Waals surface area contributed by atoms with Gasteiger partial charge in [0.05, 0.1) is 0 Å². The second kappa shape index (κ2) is 4.56. The summed E-state index contributed by atoms with van der Waals surface area (Å²) in [4.78, 5) is 0. The van der Waals surface area contributed by atoms with Crippen molar-refractivity contribution in [3.8, 4) is 0 Å². The molecule has 0 amide bonds. The van der Waals surface area contributed by atoms with Gasteiger partial charge >= 0.3 is 0 Å². The standard InChI is InChI=1S/C17H17F/c1-12-5-8-14(17-4-2-3-16(12)17)11-13-6-9-15(18)10-7-13/h5-10H,2-4,11H2,1H3. The molecule has 0 bridgehead atoms. The molecule has 0 heterocycles. The van der Waals surface area contributed by atoms with Crippen LogP contribution >= 0.6 is 0 Å². The Morgan fingerprint density at radius 3 is 2.44 bits per heavy atom. The van der Waals surface area contributed by atoms with Crippen LogP contribution in [0.1, 0.15) is 34.2 Å². The van der Waals surface area contributed by atoms with Crippen LogP contribution in [0.4, 0.5) is 4.39 Å². The molecule has 2 aromatic rings. The highest BCUT2D eigenvalue weighted by molar-refractivity contribution is 5.45. The maximum atomic E-state index is 12.9. The topological polar surface area (TPSA) is 0 Å². The van der Waals surface area contributed by atoms with E-state index in [0.29, 0.717) is 0 Å². The summed E-state index contributed by atoms with van der Waals surface area (Å²) in [7, 11) is 0. The quantitative estimate of drug-likeness (QED) is 0.737. The second-order valence-electron chi connectivity index (χ2n) is 5.16. The summed E-state index contributed by atoms with van der Waals surface area (Å²) >= 11 is 0. The number of rotatable bonds is 2. The normalized spacial score (nSPS) is 13.7. The molecule has 92 valence electrons. The lowest BCUT2D eigenvalue weighted by Gasteiger charge is -2.11. The molecule has 0 N–H and O–H groups in total. The van der Waals surface area contributed by atoms with E-state index in [1.54, 1.807) is 23.3 Å². The Morgan fingerprint density at radius 2 is 1.67 bits per heavy atom. The smallest absolute Gasteiger partial charge is 0.123 e. The summed E-state index contributed by atoms with van der Waals surface area (Å²) in [6.07, 6.45) is 4.62. The summed E-state index contributed by atoms with van der Waals surface area (Å²) in [5.74, 6) is -0.159. The monoisotopic (exact) mass is 240 g/mol. The molecular weight excluding hydrogens is 223 g/mol. The number of aryl methyl sites for hydroxylation is 1. The fraction of sp³-hybridized carbons (Fsp3) is 0.294. The van der Waals surface area contributed by atoms with Crippen molar-refractivity contribution in [3.63, 3.8) is 0 Å². The molecule has 0 radical (unpaired) electrons. The van der Waals surface area contributed by atoms with Crippen LogP contribution in [0.2, 0.25) is 0 Å². The highest BCUT2D eigenvalue weighted by Gasteiger charge is 2.16. The van der Waals surface area contributed by atoms with Crippen LogP contribution in [-0.2, 0) is 19.3 Å². The second-order valence-corrected chi connectivity index (χ2v) is 5.16. The molecule has 3 rings (SSSR count). The van der Waals surface area contributed by atoms with Crippen molar-refractivity contribution in [2.45, 2.75) is 32.6 Å². The Balaban J connectivity index is 1.94. The summed E-state index contributed by atoms with van der Waals surface area (Å²) in [6.45, 7) is 2.20. The van der Waals surface area contributed by atoms with Gasteiger partial charge in [-0.15, -0.1) is 0 Å². The van der Waals surface area contributed by atoms with Crippen LogP contribution < -0.4 is 0 Å². The van der Waals surface area contributed by atoms with Crippen LogP contribution in [0, 0.1) is 12.7 Å². The van der Waals surface area contributed by atoms with E-state index in [4.69, 9.17) is 0 Å². The summed E-state index contributed by atoms with van der Waals surface area (Å²) < 4.78 is 12.9. The van der Waals surface area contributed by atoms with Crippen LogP contribution in [-0.4, -0.2) is 0 Å². The van der Waals surface area contributed by atoms with Gasteiger partial charge in [0.15, 0.2) is 0 Å². The van der Waals surface area contributed by atoms with Gasteiger partial charge in [-0.1, -0.05) is 24.3 Å². The SMILES string of the molecule is Cc1ccc(Cc2ccc(F)cc2)c2c1CCC2. The van der Waals surface area contributed by atoms with Crippen LogP contribution in [0.25, 0.3) is 0 Å². The number of hydrogen-bond acceptors (Lipinski definition) is 0. The molecule has 1 aliphatic carbocycles. The van der Waals surface area contributed by atoms with E-state index < -0.39 is 0 Å². The molecule has 0 spiro atoms. The van der Waals surface area contributed by atoms with E-state index in [1.807, 2.05) is 12.1 Å². The number of fused-ring (bicyclic) bond motifs is 1. The Morgan fingerprint density at radius 1 is 0.944 bits per heavy atom. The van der Waals surface area contributed by atoms with E-state index in [9.17, 15) is 4.39 Å². The third-order valence-electron chi connectivity index (χ3n) is 3.92. The average molecular weight is 240 g/mol. The van der Waals surface area contributed by atoms with Crippen LogP contribution in [0.3, 0.4) is 0 Å². The van der Waals surface area contributed by atoms with Crippen molar-refractivity contribution in [3.05, 3.63) is 70.0 Å². The highest BCUT2D eigenvalue weighted by Crippen LogP contribution is 2.29. The molecule has 1 aliphatic rings. The van der Waals surface area contributed by atoms with Gasteiger partial charge in [-0.2, -0.15) is 0 Å². The van der Waals surface area contributed by atoms with E-state index in [-0.39, 0.29) is 5.82 Å². The highest BCUT2D eigenvalue weighted by atomic mass is 19.1. The Bertz CT molecular complexity index is 567. The first-order valence-electron chi connectivity index (χ1n) is 6.59. The molecule has 0 nitrogen and oxygen atoms in total. The number of hydrogen-bond donors (Lipinski definition) is 0. The largest absolute Gasteiger partial charge is 0.207 e. The molecule has 0 aromatic heterocycles. The molecule has 2 aromatic carbocycles. The van der Waals surface area contributed by atoms with Crippen molar-refractivity contribution in [2.75, 3.05) is 0 Å². The van der Waals surface area contributed by atoms with Crippen molar-refractivity contribution < 1.29 is 4.39 Å². The third kappa shape index (κ3) is 2.05. The third-order valence-corrected chi connectivity index (χ3v) is 3.92. The molecule has 18 heavy (non-hydrogen) atoms. The van der Waals surface area contributed by atoms with Crippen molar-refractivity contribution in [1.82, 2.24) is 0 Å². The van der Waals surface area contributed by atoms with E-state index >= 15 is 0 Å². The zero-order chi connectivity index (χ0) is 12.5. The maximum Gasteiger partial charge on any atom is 0.123 e. The van der Waals surface area contributed by atoms with Gasteiger partial charge in [-0.25, -0.2) is 4.39 Å². The zero-order valence-electron chi connectivity index (χ0n) is 10.7. The minimum Gasteiger partial charge on any atom is -0.207 e. The van der Waals surface area contributed by atoms with Crippen molar-refractivity contribution in [2.24, 2.45) is 0 Å². The Labute approximate surface area is 107 Å². The van der Waals surface area contributed by atoms with E-state index in [2.05, 4.69) is 19.1 Å². The van der Waals surface area contributed by atoms with Crippen LogP contribution in [0.5, 0.6) is 0 Å². The van der Waals surface area contributed by atoms with Gasteiger partial charge in [0, 0.05) is 0 Å². The Hall–Kier alpha value is -1.63. The van der Waals surface area contributed by atoms with Gasteiger partial charge in [-0.3, -0.25) is 0 Å². The van der Waals surface area contributed by atoms with Crippen molar-refractivity contribution >= 4 is 0 Å². The summed E-state index contributed by atoms with van der Waals surface area (Å²) in [5.41, 5.74) is 7.12. The molecule has 0 saturated heterocycles. The molecule has 0 unspecified atom stereocenters. The summed E-state index contributed by atoms with van der Waals surface area (Å²) in [6, 6.07) is 11.3. The minimum atomic E-state index is -0.159. The van der Waals surface area contributed by atoms with Gasteiger partial charge in [-0.05, 0) is 72.6 Å². The lowest BCUT2D eigenvalue weighted by atomic mass is 9.94. The molecule has 0 aliphatic heterocycles. The fourth-order valence-corrected chi connectivity index (χ4v) is 2.95. The zero-order valence-corrected chi connectivity index (χ0v) is 10.7. The fourth-order valence-electron chi connectivity index (χ4n) is 2.95. The summed E-state index contributed by atoms with van der Waals surface area (Å²) in [5, 5.41) is 0. The molecule has 1 heteroatoms. The molecule has 0 fully saturated rings. The number of benzene rings is 2.